The number of hydrogen-bond acceptors (Lipinski definition) is 3. The molecule has 2 aromatic carbocycles. The molecule has 0 spiro atoms. The fraction of sp³-hybridized carbons (Fsp3) is 0.211. The van der Waals surface area contributed by atoms with Crippen LogP contribution in [0.3, 0.4) is 0 Å². The van der Waals surface area contributed by atoms with Crippen molar-refractivity contribution in [2.45, 2.75) is 20.3 Å². The van der Waals surface area contributed by atoms with Gasteiger partial charge in [-0.3, -0.25) is 0 Å². The van der Waals surface area contributed by atoms with E-state index in [0.717, 1.165) is 28.0 Å². The summed E-state index contributed by atoms with van der Waals surface area (Å²) in [6.45, 7) is 4.35. The largest absolute Gasteiger partial charge is 0.338 e. The van der Waals surface area contributed by atoms with Crippen LogP contribution in [0.5, 0.6) is 0 Å². The highest BCUT2D eigenvalue weighted by molar-refractivity contribution is 6.31. The van der Waals surface area contributed by atoms with Crippen molar-refractivity contribution < 1.29 is 4.79 Å². The molecule has 128 valence electrons. The Morgan fingerprint density at radius 3 is 2.52 bits per heavy atom. The van der Waals surface area contributed by atoms with E-state index in [2.05, 4.69) is 20.6 Å². The molecular formula is C19H19ClN4O. The van der Waals surface area contributed by atoms with E-state index in [1.54, 1.807) is 0 Å². The molecule has 1 heterocycles. The maximum atomic E-state index is 12.1. The van der Waals surface area contributed by atoms with E-state index in [-0.39, 0.29) is 6.03 Å². The number of carbonyl (C=O) groups excluding carboxylic acids is 1. The Hall–Kier alpha value is -2.66. The summed E-state index contributed by atoms with van der Waals surface area (Å²) in [5, 5.41) is 6.36. The first-order valence-electron chi connectivity index (χ1n) is 8.06. The Balaban J connectivity index is 1.60. The SMILES string of the molecule is Cc1nc2ccc(NC(=O)NCCc3ccccc3Cl)cc2nc1C. The van der Waals surface area contributed by atoms with Crippen LogP contribution in [0, 0.1) is 13.8 Å². The van der Waals surface area contributed by atoms with Crippen molar-refractivity contribution in [2.75, 3.05) is 11.9 Å². The molecule has 0 aliphatic heterocycles. The molecule has 0 radical (unpaired) electrons. The molecule has 6 heteroatoms. The number of amides is 2. The van der Waals surface area contributed by atoms with Crippen LogP contribution in [-0.2, 0) is 6.42 Å². The molecule has 2 amide bonds. The Bertz CT molecular complexity index is 926. The highest BCUT2D eigenvalue weighted by Crippen LogP contribution is 2.18. The molecule has 0 fully saturated rings. The predicted molar refractivity (Wildman–Crippen MR) is 101 cm³/mol. The first kappa shape index (κ1) is 17.2. The molecule has 0 saturated carbocycles. The van der Waals surface area contributed by atoms with Crippen LogP contribution >= 0.6 is 11.6 Å². The molecule has 0 aliphatic carbocycles. The smallest absolute Gasteiger partial charge is 0.319 e. The second-order valence-electron chi connectivity index (χ2n) is 5.82. The standard InChI is InChI=1S/C19H19ClN4O/c1-12-13(2)23-18-11-15(7-8-17(18)22-12)24-19(25)21-10-9-14-5-3-4-6-16(14)20/h3-8,11H,9-10H2,1-2H3,(H2,21,24,25). The number of urea groups is 1. The van der Waals surface area contributed by atoms with E-state index in [9.17, 15) is 4.79 Å². The van der Waals surface area contributed by atoms with Gasteiger partial charge in [-0.05, 0) is 50.1 Å². The predicted octanol–water partition coefficient (Wildman–Crippen LogP) is 4.26. The zero-order valence-corrected chi connectivity index (χ0v) is 14.9. The van der Waals surface area contributed by atoms with E-state index >= 15 is 0 Å². The summed E-state index contributed by atoms with van der Waals surface area (Å²) in [7, 11) is 0. The summed E-state index contributed by atoms with van der Waals surface area (Å²) in [6.07, 6.45) is 0.675. The van der Waals surface area contributed by atoms with E-state index in [4.69, 9.17) is 11.6 Å². The van der Waals surface area contributed by atoms with Crippen LogP contribution < -0.4 is 10.6 Å². The Morgan fingerprint density at radius 2 is 1.76 bits per heavy atom. The summed E-state index contributed by atoms with van der Waals surface area (Å²) in [6, 6.07) is 12.9. The lowest BCUT2D eigenvalue weighted by Gasteiger charge is -2.09. The van der Waals surface area contributed by atoms with Crippen LogP contribution in [0.1, 0.15) is 17.0 Å². The van der Waals surface area contributed by atoms with Gasteiger partial charge in [0.2, 0.25) is 0 Å². The Kier molecular flexibility index (Phi) is 5.14. The second kappa shape index (κ2) is 7.49. The van der Waals surface area contributed by atoms with Crippen LogP contribution in [0.2, 0.25) is 5.02 Å². The quantitative estimate of drug-likeness (QED) is 0.735. The van der Waals surface area contributed by atoms with Crippen molar-refractivity contribution in [3.63, 3.8) is 0 Å². The lowest BCUT2D eigenvalue weighted by Crippen LogP contribution is -2.30. The van der Waals surface area contributed by atoms with Crippen LogP contribution in [0.4, 0.5) is 10.5 Å². The van der Waals surface area contributed by atoms with Gasteiger partial charge in [0.1, 0.15) is 0 Å². The normalized spacial score (nSPS) is 10.7. The zero-order chi connectivity index (χ0) is 17.8. The molecule has 0 unspecified atom stereocenters. The van der Waals surface area contributed by atoms with Crippen molar-refractivity contribution >= 4 is 34.4 Å². The molecule has 0 aliphatic rings. The molecule has 3 rings (SSSR count). The summed E-state index contributed by atoms with van der Waals surface area (Å²) >= 11 is 6.11. The minimum Gasteiger partial charge on any atom is -0.338 e. The van der Waals surface area contributed by atoms with Gasteiger partial charge in [0.15, 0.2) is 0 Å². The van der Waals surface area contributed by atoms with Crippen molar-refractivity contribution in [1.82, 2.24) is 15.3 Å². The third-order valence-electron chi connectivity index (χ3n) is 3.97. The number of aryl methyl sites for hydroxylation is 2. The van der Waals surface area contributed by atoms with Gasteiger partial charge in [0.25, 0.3) is 0 Å². The first-order valence-corrected chi connectivity index (χ1v) is 8.44. The third kappa shape index (κ3) is 4.25. The van der Waals surface area contributed by atoms with Crippen LogP contribution in [-0.4, -0.2) is 22.5 Å². The van der Waals surface area contributed by atoms with Crippen molar-refractivity contribution in [2.24, 2.45) is 0 Å². The molecule has 0 bridgehead atoms. The molecule has 1 aromatic heterocycles. The minimum atomic E-state index is -0.261. The monoisotopic (exact) mass is 354 g/mol. The summed E-state index contributed by atoms with van der Waals surface area (Å²) in [4.78, 5) is 21.0. The fourth-order valence-corrected chi connectivity index (χ4v) is 2.73. The molecule has 5 nitrogen and oxygen atoms in total. The van der Waals surface area contributed by atoms with Crippen molar-refractivity contribution in [3.8, 4) is 0 Å². The van der Waals surface area contributed by atoms with Gasteiger partial charge < -0.3 is 10.6 Å². The first-order chi connectivity index (χ1) is 12.0. The van der Waals surface area contributed by atoms with Gasteiger partial charge in [-0.2, -0.15) is 0 Å². The molecular weight excluding hydrogens is 336 g/mol. The highest BCUT2D eigenvalue weighted by Gasteiger charge is 2.06. The average molecular weight is 355 g/mol. The maximum absolute atomic E-state index is 12.1. The number of fused-ring (bicyclic) bond motifs is 1. The Morgan fingerprint density at radius 1 is 1.04 bits per heavy atom. The van der Waals surface area contributed by atoms with Crippen molar-refractivity contribution in [3.05, 3.63) is 64.4 Å². The number of nitrogens with one attached hydrogen (secondary N) is 2. The summed E-state index contributed by atoms with van der Waals surface area (Å²) < 4.78 is 0. The summed E-state index contributed by atoms with van der Waals surface area (Å²) in [5.41, 5.74) is 5.06. The van der Waals surface area contributed by atoms with E-state index in [1.807, 2.05) is 56.3 Å². The zero-order valence-electron chi connectivity index (χ0n) is 14.1. The number of halogens is 1. The van der Waals surface area contributed by atoms with E-state index < -0.39 is 0 Å². The number of rotatable bonds is 4. The highest BCUT2D eigenvalue weighted by atomic mass is 35.5. The average Bonchev–Trinajstić information content (AvgIpc) is 2.58. The summed E-state index contributed by atoms with van der Waals surface area (Å²) in [5.74, 6) is 0. The van der Waals surface area contributed by atoms with E-state index in [0.29, 0.717) is 23.7 Å². The molecule has 3 aromatic rings. The number of hydrogen-bond donors (Lipinski definition) is 2. The number of benzene rings is 2. The number of aromatic nitrogens is 2. The second-order valence-corrected chi connectivity index (χ2v) is 6.23. The van der Waals surface area contributed by atoms with Gasteiger partial charge in [-0.25, -0.2) is 14.8 Å². The molecule has 25 heavy (non-hydrogen) atoms. The van der Waals surface area contributed by atoms with E-state index in [1.165, 1.54) is 0 Å². The van der Waals surface area contributed by atoms with Gasteiger partial charge in [-0.1, -0.05) is 29.8 Å². The fourth-order valence-electron chi connectivity index (χ4n) is 2.50. The number of carbonyl (C=O) groups is 1. The molecule has 2 N–H and O–H groups in total. The third-order valence-corrected chi connectivity index (χ3v) is 4.34. The van der Waals surface area contributed by atoms with Gasteiger partial charge in [0.05, 0.1) is 22.4 Å². The van der Waals surface area contributed by atoms with Gasteiger partial charge in [-0.15, -0.1) is 0 Å². The molecule has 0 atom stereocenters. The lowest BCUT2D eigenvalue weighted by atomic mass is 10.1. The number of nitrogens with zero attached hydrogens (tertiary/aromatic N) is 2. The topological polar surface area (TPSA) is 66.9 Å². The number of anilines is 1. The van der Waals surface area contributed by atoms with Gasteiger partial charge >= 0.3 is 6.03 Å². The van der Waals surface area contributed by atoms with Crippen molar-refractivity contribution in [1.29, 1.82) is 0 Å². The maximum Gasteiger partial charge on any atom is 0.319 e. The van der Waals surface area contributed by atoms with Crippen LogP contribution in [0.25, 0.3) is 11.0 Å². The molecule has 0 saturated heterocycles. The van der Waals surface area contributed by atoms with Gasteiger partial charge in [0, 0.05) is 17.3 Å². The van der Waals surface area contributed by atoms with Crippen LogP contribution in [0.15, 0.2) is 42.5 Å². The lowest BCUT2D eigenvalue weighted by molar-refractivity contribution is 0.252. The minimum absolute atomic E-state index is 0.261. The Labute approximate surface area is 151 Å².